The monoisotopic (exact) mass is 404 g/mol. The number of ether oxygens (including phenoxy) is 1. The molecule has 6 nitrogen and oxygen atoms in total. The van der Waals surface area contributed by atoms with Crippen LogP contribution in [0.3, 0.4) is 0 Å². The molecular weight excluding hydrogens is 384 g/mol. The Balaban J connectivity index is 2.24. The van der Waals surface area contributed by atoms with Crippen LogP contribution in [0.4, 0.5) is 0 Å². The van der Waals surface area contributed by atoms with Crippen molar-refractivity contribution in [1.82, 2.24) is 9.62 Å². The highest BCUT2D eigenvalue weighted by molar-refractivity contribution is 9.10. The highest BCUT2D eigenvalue weighted by Gasteiger charge is 2.28. The Kier molecular flexibility index (Phi) is 6.58. The van der Waals surface area contributed by atoms with E-state index in [1.165, 1.54) is 10.4 Å². The van der Waals surface area contributed by atoms with Gasteiger partial charge in [0.2, 0.25) is 10.0 Å². The molecule has 0 saturated carbocycles. The van der Waals surface area contributed by atoms with Crippen molar-refractivity contribution in [3.05, 3.63) is 28.2 Å². The van der Waals surface area contributed by atoms with Gasteiger partial charge in [-0.3, -0.25) is 4.79 Å². The number of halogens is 1. The number of carbonyl (C=O) groups is 1. The largest absolute Gasteiger partial charge is 0.379 e. The summed E-state index contributed by atoms with van der Waals surface area (Å²) in [5.74, 6) is -0.260. The van der Waals surface area contributed by atoms with E-state index in [2.05, 4.69) is 21.2 Å². The quantitative estimate of drug-likeness (QED) is 0.735. The number of hydrogen-bond acceptors (Lipinski definition) is 4. The lowest BCUT2D eigenvalue weighted by atomic mass is 10.2. The van der Waals surface area contributed by atoms with Crippen LogP contribution < -0.4 is 5.32 Å². The minimum atomic E-state index is -3.65. The zero-order valence-electron chi connectivity index (χ0n) is 13.0. The zero-order valence-corrected chi connectivity index (χ0v) is 15.5. The SMILES string of the molecule is CCCCNC(=O)c1ccc(Br)c(S(=O)(=O)N2CCOCC2)c1. The number of rotatable bonds is 6. The Labute approximate surface area is 145 Å². The van der Waals surface area contributed by atoms with Crippen molar-refractivity contribution in [2.45, 2.75) is 24.7 Å². The Morgan fingerprint density at radius 2 is 2.04 bits per heavy atom. The smallest absolute Gasteiger partial charge is 0.251 e. The van der Waals surface area contributed by atoms with Crippen LogP contribution in [-0.2, 0) is 14.8 Å². The van der Waals surface area contributed by atoms with Gasteiger partial charge in [-0.25, -0.2) is 8.42 Å². The van der Waals surface area contributed by atoms with Gasteiger partial charge in [0.05, 0.1) is 18.1 Å². The summed E-state index contributed by atoms with van der Waals surface area (Å²) in [7, 11) is -3.65. The van der Waals surface area contributed by atoms with E-state index in [0.29, 0.717) is 42.9 Å². The lowest BCUT2D eigenvalue weighted by Gasteiger charge is -2.26. The van der Waals surface area contributed by atoms with Crippen molar-refractivity contribution in [1.29, 1.82) is 0 Å². The summed E-state index contributed by atoms with van der Waals surface area (Å²) in [6, 6.07) is 4.64. The lowest BCUT2D eigenvalue weighted by molar-refractivity contribution is 0.0730. The summed E-state index contributed by atoms with van der Waals surface area (Å²) in [6.45, 7) is 4.03. The number of amides is 1. The standard InChI is InChI=1S/C15H21BrN2O4S/c1-2-3-6-17-15(19)12-4-5-13(16)14(11-12)23(20,21)18-7-9-22-10-8-18/h4-5,11H,2-3,6-10H2,1H3,(H,17,19). The van der Waals surface area contributed by atoms with Gasteiger partial charge in [0.1, 0.15) is 0 Å². The third-order valence-corrected chi connectivity index (χ3v) is 6.49. The maximum Gasteiger partial charge on any atom is 0.251 e. The van der Waals surface area contributed by atoms with E-state index >= 15 is 0 Å². The second-order valence-electron chi connectivity index (χ2n) is 5.27. The van der Waals surface area contributed by atoms with E-state index in [1.54, 1.807) is 12.1 Å². The zero-order chi connectivity index (χ0) is 16.9. The molecule has 0 spiro atoms. The molecule has 0 bridgehead atoms. The van der Waals surface area contributed by atoms with Gasteiger partial charge in [-0.15, -0.1) is 0 Å². The Morgan fingerprint density at radius 1 is 1.35 bits per heavy atom. The van der Waals surface area contributed by atoms with Crippen LogP contribution in [0.2, 0.25) is 0 Å². The highest BCUT2D eigenvalue weighted by atomic mass is 79.9. The topological polar surface area (TPSA) is 75.7 Å². The molecule has 1 fully saturated rings. The first-order valence-electron chi connectivity index (χ1n) is 7.62. The van der Waals surface area contributed by atoms with Crippen LogP contribution in [0.25, 0.3) is 0 Å². The van der Waals surface area contributed by atoms with Crippen molar-refractivity contribution >= 4 is 31.9 Å². The number of benzene rings is 1. The average molecular weight is 405 g/mol. The van der Waals surface area contributed by atoms with Crippen molar-refractivity contribution < 1.29 is 17.9 Å². The number of morpholine rings is 1. The molecule has 23 heavy (non-hydrogen) atoms. The second kappa shape index (κ2) is 8.23. The number of carbonyl (C=O) groups excluding carboxylic acids is 1. The molecule has 128 valence electrons. The number of sulfonamides is 1. The number of nitrogens with zero attached hydrogens (tertiary/aromatic N) is 1. The molecule has 1 aromatic carbocycles. The molecule has 0 aromatic heterocycles. The summed E-state index contributed by atoms with van der Waals surface area (Å²) in [6.07, 6.45) is 1.87. The summed E-state index contributed by atoms with van der Waals surface area (Å²) in [4.78, 5) is 12.2. The number of hydrogen-bond donors (Lipinski definition) is 1. The van der Waals surface area contributed by atoms with Crippen LogP contribution >= 0.6 is 15.9 Å². The third-order valence-electron chi connectivity index (χ3n) is 3.60. The minimum absolute atomic E-state index is 0.113. The van der Waals surface area contributed by atoms with Crippen molar-refractivity contribution in [2.24, 2.45) is 0 Å². The molecule has 1 N–H and O–H groups in total. The van der Waals surface area contributed by atoms with E-state index in [-0.39, 0.29) is 10.8 Å². The Bertz CT molecular complexity index is 657. The molecule has 1 aliphatic rings. The van der Waals surface area contributed by atoms with Crippen molar-refractivity contribution in [2.75, 3.05) is 32.8 Å². The highest BCUT2D eigenvalue weighted by Crippen LogP contribution is 2.26. The first-order valence-corrected chi connectivity index (χ1v) is 9.85. The number of unbranched alkanes of at least 4 members (excludes halogenated alkanes) is 1. The fraction of sp³-hybridized carbons (Fsp3) is 0.533. The number of nitrogens with one attached hydrogen (secondary N) is 1. The molecule has 1 amide bonds. The summed E-state index contributed by atoms with van der Waals surface area (Å²) in [5, 5.41) is 2.79. The summed E-state index contributed by atoms with van der Waals surface area (Å²) < 4.78 is 32.5. The first kappa shape index (κ1) is 18.4. The Hall–Kier alpha value is -0.960. The van der Waals surface area contributed by atoms with Gasteiger partial charge < -0.3 is 10.1 Å². The van der Waals surface area contributed by atoms with Crippen LogP contribution in [-0.4, -0.2) is 51.5 Å². The normalized spacial score (nSPS) is 16.3. The first-order chi connectivity index (χ1) is 11.0. The van der Waals surface area contributed by atoms with Crippen LogP contribution in [0.5, 0.6) is 0 Å². The van der Waals surface area contributed by atoms with Crippen molar-refractivity contribution in [3.8, 4) is 0 Å². The molecule has 1 heterocycles. The molecule has 8 heteroatoms. The molecule has 1 saturated heterocycles. The Morgan fingerprint density at radius 3 is 2.70 bits per heavy atom. The van der Waals surface area contributed by atoms with E-state index < -0.39 is 10.0 Å². The van der Waals surface area contributed by atoms with Gasteiger partial charge >= 0.3 is 0 Å². The maximum atomic E-state index is 12.8. The van der Waals surface area contributed by atoms with Gasteiger partial charge in [0, 0.05) is 29.7 Å². The van der Waals surface area contributed by atoms with E-state index in [9.17, 15) is 13.2 Å². The molecule has 1 aromatic rings. The third kappa shape index (κ3) is 4.53. The molecule has 1 aliphatic heterocycles. The van der Waals surface area contributed by atoms with Gasteiger partial charge in [0.25, 0.3) is 5.91 Å². The molecule has 0 unspecified atom stereocenters. The fourth-order valence-electron chi connectivity index (χ4n) is 2.25. The fourth-order valence-corrected chi connectivity index (χ4v) is 4.61. The van der Waals surface area contributed by atoms with Gasteiger partial charge in [0.15, 0.2) is 0 Å². The van der Waals surface area contributed by atoms with Crippen LogP contribution in [0.15, 0.2) is 27.6 Å². The maximum absolute atomic E-state index is 12.8. The molecular formula is C15H21BrN2O4S. The van der Waals surface area contributed by atoms with Gasteiger partial charge in [-0.05, 0) is 40.5 Å². The summed E-state index contributed by atoms with van der Waals surface area (Å²) >= 11 is 3.28. The van der Waals surface area contributed by atoms with Gasteiger partial charge in [-0.1, -0.05) is 13.3 Å². The summed E-state index contributed by atoms with van der Waals surface area (Å²) in [5.41, 5.74) is 0.344. The molecule has 2 rings (SSSR count). The van der Waals surface area contributed by atoms with Gasteiger partial charge in [-0.2, -0.15) is 4.31 Å². The van der Waals surface area contributed by atoms with E-state index in [0.717, 1.165) is 12.8 Å². The van der Waals surface area contributed by atoms with E-state index in [4.69, 9.17) is 4.74 Å². The average Bonchev–Trinajstić information content (AvgIpc) is 2.56. The molecule has 0 radical (unpaired) electrons. The molecule has 0 aliphatic carbocycles. The predicted molar refractivity (Wildman–Crippen MR) is 91.0 cm³/mol. The molecule has 0 atom stereocenters. The predicted octanol–water partition coefficient (Wildman–Crippen LogP) is 2.00. The minimum Gasteiger partial charge on any atom is -0.379 e. The van der Waals surface area contributed by atoms with Crippen molar-refractivity contribution in [3.63, 3.8) is 0 Å². The van der Waals surface area contributed by atoms with Crippen LogP contribution in [0.1, 0.15) is 30.1 Å². The second-order valence-corrected chi connectivity index (χ2v) is 8.03. The lowest BCUT2D eigenvalue weighted by Crippen LogP contribution is -2.40. The van der Waals surface area contributed by atoms with E-state index in [1.807, 2.05) is 6.92 Å². The van der Waals surface area contributed by atoms with Crippen LogP contribution in [0, 0.1) is 0 Å².